The molecule has 0 saturated heterocycles. The molecule has 1 fully saturated rings. The monoisotopic (exact) mass is 297 g/mol. The van der Waals surface area contributed by atoms with Crippen LogP contribution in [-0.4, -0.2) is 9.78 Å². The first-order chi connectivity index (χ1) is 9.67. The van der Waals surface area contributed by atoms with Crippen molar-refractivity contribution in [1.82, 2.24) is 9.78 Å². The quantitative estimate of drug-likeness (QED) is 0.837. The van der Waals surface area contributed by atoms with Crippen LogP contribution >= 0.6 is 11.6 Å². The zero-order chi connectivity index (χ0) is 14.5. The lowest BCUT2D eigenvalue weighted by Gasteiger charge is -2.32. The van der Waals surface area contributed by atoms with Crippen molar-refractivity contribution in [3.05, 3.63) is 16.9 Å². The fraction of sp³-hybridized carbons (Fsp3) is 0.812. The molecule has 3 nitrogen and oxygen atoms in total. The molecule has 1 aromatic rings. The van der Waals surface area contributed by atoms with E-state index < -0.39 is 0 Å². The number of nitrogens with two attached hydrogens (primary N) is 1. The molecule has 0 spiro atoms. The Bertz CT molecular complexity index is 408. The third-order valence-corrected chi connectivity index (χ3v) is 4.97. The van der Waals surface area contributed by atoms with E-state index in [1.165, 1.54) is 38.5 Å². The molecule has 1 saturated carbocycles. The molecule has 0 amide bonds. The fourth-order valence-electron chi connectivity index (χ4n) is 3.56. The van der Waals surface area contributed by atoms with Crippen molar-refractivity contribution in [3.63, 3.8) is 0 Å². The van der Waals surface area contributed by atoms with Crippen molar-refractivity contribution >= 4 is 11.6 Å². The molecule has 2 rings (SSSR count). The number of aryl methyl sites for hydroxylation is 1. The smallest absolute Gasteiger partial charge is 0.0834 e. The normalized spacial score (nSPS) is 24.8. The Morgan fingerprint density at radius 2 is 2.00 bits per heavy atom. The number of hydrogen-bond donors (Lipinski definition) is 1. The average Bonchev–Trinajstić information content (AvgIpc) is 2.81. The van der Waals surface area contributed by atoms with Gasteiger partial charge in [0.15, 0.2) is 0 Å². The molecule has 20 heavy (non-hydrogen) atoms. The van der Waals surface area contributed by atoms with Crippen LogP contribution in [0.15, 0.2) is 6.20 Å². The Kier molecular flexibility index (Phi) is 5.91. The van der Waals surface area contributed by atoms with Crippen LogP contribution in [0.2, 0.25) is 5.02 Å². The van der Waals surface area contributed by atoms with Gasteiger partial charge in [0, 0.05) is 6.54 Å². The lowest BCUT2D eigenvalue weighted by molar-refractivity contribution is 0.229. The average molecular weight is 298 g/mol. The Hall–Kier alpha value is -0.540. The molecule has 0 aromatic carbocycles. The van der Waals surface area contributed by atoms with Crippen molar-refractivity contribution in [1.29, 1.82) is 0 Å². The highest BCUT2D eigenvalue weighted by molar-refractivity contribution is 6.31. The maximum Gasteiger partial charge on any atom is 0.0834 e. The van der Waals surface area contributed by atoms with Gasteiger partial charge < -0.3 is 5.73 Å². The van der Waals surface area contributed by atoms with Crippen molar-refractivity contribution in [2.45, 2.75) is 71.4 Å². The number of nitrogens with zero attached hydrogens (tertiary/aromatic N) is 2. The van der Waals surface area contributed by atoms with E-state index >= 15 is 0 Å². The molecule has 0 aliphatic heterocycles. The highest BCUT2D eigenvalue weighted by Crippen LogP contribution is 2.38. The summed E-state index contributed by atoms with van der Waals surface area (Å²) in [5, 5.41) is 5.11. The van der Waals surface area contributed by atoms with E-state index in [4.69, 9.17) is 17.3 Å². The second-order valence-corrected chi connectivity index (χ2v) is 6.60. The predicted molar refractivity (Wildman–Crippen MR) is 84.8 cm³/mol. The van der Waals surface area contributed by atoms with Crippen LogP contribution in [0.1, 0.15) is 70.5 Å². The Morgan fingerprint density at radius 1 is 1.30 bits per heavy atom. The first-order valence-corrected chi connectivity index (χ1v) is 8.51. The van der Waals surface area contributed by atoms with E-state index in [2.05, 4.69) is 18.9 Å². The lowest BCUT2D eigenvalue weighted by atomic mass is 9.76. The standard InChI is InChI=1S/C16H28ClN3/c1-3-5-12-6-8-13(9-7-12)15(18)16-14(17)11-19-20(16)10-4-2/h11-13,15H,3-10,18H2,1-2H3. The van der Waals surface area contributed by atoms with E-state index in [-0.39, 0.29) is 6.04 Å². The maximum absolute atomic E-state index is 6.52. The summed E-state index contributed by atoms with van der Waals surface area (Å²) in [5.41, 5.74) is 7.57. The molecule has 0 radical (unpaired) electrons. The highest BCUT2D eigenvalue weighted by atomic mass is 35.5. The number of aromatic nitrogens is 2. The molecule has 114 valence electrons. The molecule has 1 atom stereocenters. The molecule has 1 aliphatic carbocycles. The molecule has 1 heterocycles. The van der Waals surface area contributed by atoms with Gasteiger partial charge in [-0.25, -0.2) is 0 Å². The molecule has 2 N–H and O–H groups in total. The summed E-state index contributed by atoms with van der Waals surface area (Å²) in [6, 6.07) is 0.0409. The third-order valence-electron chi connectivity index (χ3n) is 4.68. The van der Waals surface area contributed by atoms with Crippen LogP contribution in [0.25, 0.3) is 0 Å². The summed E-state index contributed by atoms with van der Waals surface area (Å²) in [7, 11) is 0. The third kappa shape index (κ3) is 3.56. The Labute approximate surface area is 127 Å². The van der Waals surface area contributed by atoms with Gasteiger partial charge in [0.2, 0.25) is 0 Å². The van der Waals surface area contributed by atoms with Crippen LogP contribution in [0.4, 0.5) is 0 Å². The fourth-order valence-corrected chi connectivity index (χ4v) is 3.83. The van der Waals surface area contributed by atoms with Crippen LogP contribution in [-0.2, 0) is 6.54 Å². The molecule has 0 bridgehead atoms. The number of halogens is 1. The highest BCUT2D eigenvalue weighted by Gasteiger charge is 2.29. The van der Waals surface area contributed by atoms with Crippen LogP contribution in [0, 0.1) is 11.8 Å². The molecular formula is C16H28ClN3. The van der Waals surface area contributed by atoms with E-state index in [9.17, 15) is 0 Å². The molecule has 4 heteroatoms. The van der Waals surface area contributed by atoms with E-state index in [1.807, 2.05) is 4.68 Å². The molecule has 1 aliphatic rings. The lowest BCUT2D eigenvalue weighted by Crippen LogP contribution is -2.28. The summed E-state index contributed by atoms with van der Waals surface area (Å²) in [4.78, 5) is 0. The topological polar surface area (TPSA) is 43.8 Å². The molecule has 1 aromatic heterocycles. The zero-order valence-electron chi connectivity index (χ0n) is 12.8. The predicted octanol–water partition coefficient (Wildman–Crippen LogP) is 4.55. The second kappa shape index (κ2) is 7.46. The Balaban J connectivity index is 2.01. The molecule has 1 unspecified atom stereocenters. The summed E-state index contributed by atoms with van der Waals surface area (Å²) in [5.74, 6) is 1.48. The maximum atomic E-state index is 6.52. The van der Waals surface area contributed by atoms with Gasteiger partial charge in [-0.3, -0.25) is 4.68 Å². The SMILES string of the molecule is CCCC1CCC(C(N)c2c(Cl)cnn2CCC)CC1. The van der Waals surface area contributed by atoms with E-state index in [0.29, 0.717) is 5.92 Å². The van der Waals surface area contributed by atoms with Crippen LogP contribution in [0.3, 0.4) is 0 Å². The van der Waals surface area contributed by atoms with Crippen molar-refractivity contribution in [2.75, 3.05) is 0 Å². The van der Waals surface area contributed by atoms with Gasteiger partial charge in [-0.05, 0) is 31.1 Å². The minimum absolute atomic E-state index is 0.0409. The van der Waals surface area contributed by atoms with Crippen molar-refractivity contribution in [3.8, 4) is 0 Å². The zero-order valence-corrected chi connectivity index (χ0v) is 13.6. The van der Waals surface area contributed by atoms with Gasteiger partial charge in [-0.1, -0.05) is 51.1 Å². The number of hydrogen-bond acceptors (Lipinski definition) is 2. The van der Waals surface area contributed by atoms with E-state index in [1.54, 1.807) is 6.20 Å². The van der Waals surface area contributed by atoms with Gasteiger partial charge in [-0.15, -0.1) is 0 Å². The van der Waals surface area contributed by atoms with Gasteiger partial charge in [0.1, 0.15) is 0 Å². The summed E-state index contributed by atoms with van der Waals surface area (Å²) < 4.78 is 2.01. The van der Waals surface area contributed by atoms with Gasteiger partial charge in [0.05, 0.1) is 23.0 Å². The second-order valence-electron chi connectivity index (χ2n) is 6.20. The van der Waals surface area contributed by atoms with Gasteiger partial charge in [0.25, 0.3) is 0 Å². The van der Waals surface area contributed by atoms with Crippen molar-refractivity contribution < 1.29 is 0 Å². The van der Waals surface area contributed by atoms with Crippen LogP contribution < -0.4 is 5.73 Å². The van der Waals surface area contributed by atoms with Gasteiger partial charge >= 0.3 is 0 Å². The van der Waals surface area contributed by atoms with Gasteiger partial charge in [-0.2, -0.15) is 5.10 Å². The summed E-state index contributed by atoms with van der Waals surface area (Å²) in [6.07, 6.45) is 10.6. The Morgan fingerprint density at radius 3 is 2.60 bits per heavy atom. The number of rotatable bonds is 6. The van der Waals surface area contributed by atoms with E-state index in [0.717, 1.165) is 29.6 Å². The largest absolute Gasteiger partial charge is 0.322 e. The summed E-state index contributed by atoms with van der Waals surface area (Å²) in [6.45, 7) is 5.34. The summed E-state index contributed by atoms with van der Waals surface area (Å²) >= 11 is 6.31. The van der Waals surface area contributed by atoms with Crippen molar-refractivity contribution in [2.24, 2.45) is 17.6 Å². The first kappa shape index (κ1) is 15.8. The minimum atomic E-state index is 0.0409. The first-order valence-electron chi connectivity index (χ1n) is 8.14. The van der Waals surface area contributed by atoms with Crippen LogP contribution in [0.5, 0.6) is 0 Å². The molecular weight excluding hydrogens is 270 g/mol. The minimum Gasteiger partial charge on any atom is -0.322 e.